The van der Waals surface area contributed by atoms with Crippen molar-refractivity contribution < 1.29 is 9.59 Å². The van der Waals surface area contributed by atoms with Crippen LogP contribution in [0.3, 0.4) is 0 Å². The molecule has 0 saturated carbocycles. The first kappa shape index (κ1) is 23.5. The van der Waals surface area contributed by atoms with Crippen molar-refractivity contribution in [2.24, 2.45) is 0 Å². The van der Waals surface area contributed by atoms with Gasteiger partial charge in [0, 0.05) is 12.2 Å². The van der Waals surface area contributed by atoms with Crippen LogP contribution in [0.5, 0.6) is 0 Å². The molecular weight excluding hydrogens is 422 g/mol. The lowest BCUT2D eigenvalue weighted by molar-refractivity contribution is -0.119. The molecule has 0 saturated heterocycles. The molecule has 0 radical (unpaired) electrons. The van der Waals surface area contributed by atoms with E-state index in [1.807, 2.05) is 80.8 Å². The maximum absolute atomic E-state index is 12.6. The summed E-state index contributed by atoms with van der Waals surface area (Å²) in [6.07, 6.45) is 0.117. The predicted octanol–water partition coefficient (Wildman–Crippen LogP) is 4.07. The molecule has 0 bridgehead atoms. The summed E-state index contributed by atoms with van der Waals surface area (Å²) in [5.41, 5.74) is 4.01. The minimum atomic E-state index is -0.148. The van der Waals surface area contributed by atoms with E-state index in [1.54, 1.807) is 0 Å². The normalized spacial score (nSPS) is 11.8. The number of carbonyl (C=O) groups is 2. The van der Waals surface area contributed by atoms with Crippen LogP contribution in [-0.2, 0) is 22.6 Å². The van der Waals surface area contributed by atoms with Crippen LogP contribution < -0.4 is 10.6 Å². The minimum absolute atomic E-state index is 0.0715. The van der Waals surface area contributed by atoms with Crippen LogP contribution >= 0.6 is 11.8 Å². The third-order valence-electron chi connectivity index (χ3n) is 5.09. The van der Waals surface area contributed by atoms with Crippen LogP contribution in [-0.4, -0.2) is 32.3 Å². The summed E-state index contributed by atoms with van der Waals surface area (Å²) in [4.78, 5) is 24.9. The molecule has 168 valence electrons. The van der Waals surface area contributed by atoms with Crippen molar-refractivity contribution in [3.8, 4) is 0 Å². The average molecular weight is 452 g/mol. The van der Waals surface area contributed by atoms with Crippen molar-refractivity contribution in [2.45, 2.75) is 51.9 Å². The maximum atomic E-state index is 12.6. The molecule has 1 atom stereocenters. The molecule has 32 heavy (non-hydrogen) atoms. The van der Waals surface area contributed by atoms with Gasteiger partial charge in [0.15, 0.2) is 5.16 Å². The van der Waals surface area contributed by atoms with Crippen LogP contribution in [0.4, 0.5) is 5.69 Å². The first-order valence-electron chi connectivity index (χ1n) is 10.6. The van der Waals surface area contributed by atoms with Crippen LogP contribution in [0.2, 0.25) is 0 Å². The molecule has 0 spiro atoms. The van der Waals surface area contributed by atoms with Gasteiger partial charge in [-0.2, -0.15) is 0 Å². The second-order valence-corrected chi connectivity index (χ2v) is 8.62. The van der Waals surface area contributed by atoms with Gasteiger partial charge in [-0.1, -0.05) is 59.8 Å². The van der Waals surface area contributed by atoms with Gasteiger partial charge >= 0.3 is 0 Å². The molecule has 0 aliphatic heterocycles. The van der Waals surface area contributed by atoms with E-state index in [-0.39, 0.29) is 30.0 Å². The lowest BCUT2D eigenvalue weighted by atomic mass is 10.1. The second-order valence-electron chi connectivity index (χ2n) is 7.67. The van der Waals surface area contributed by atoms with E-state index in [4.69, 9.17) is 0 Å². The number of amides is 2. The molecule has 7 nitrogen and oxygen atoms in total. The van der Waals surface area contributed by atoms with E-state index in [0.717, 1.165) is 22.4 Å². The number of carbonyl (C=O) groups excluding carboxylic acids is 2. The number of hydrogen-bond acceptors (Lipinski definition) is 5. The van der Waals surface area contributed by atoms with Gasteiger partial charge in [-0.05, 0) is 44.9 Å². The Kier molecular flexibility index (Phi) is 8.05. The number of rotatable bonds is 9. The molecule has 2 amide bonds. The fraction of sp³-hybridized carbons (Fsp3) is 0.333. The summed E-state index contributed by atoms with van der Waals surface area (Å²) >= 11 is 1.32. The fourth-order valence-electron chi connectivity index (χ4n) is 3.40. The zero-order valence-corrected chi connectivity index (χ0v) is 19.7. The van der Waals surface area contributed by atoms with Gasteiger partial charge in [0.25, 0.3) is 0 Å². The van der Waals surface area contributed by atoms with Crippen molar-refractivity contribution in [1.82, 2.24) is 20.1 Å². The molecule has 1 aromatic heterocycles. The van der Waals surface area contributed by atoms with Crippen molar-refractivity contribution in [1.29, 1.82) is 0 Å². The summed E-state index contributed by atoms with van der Waals surface area (Å²) in [6, 6.07) is 15.7. The Morgan fingerprint density at radius 3 is 2.50 bits per heavy atom. The second kappa shape index (κ2) is 10.9. The number of aryl methyl sites for hydroxylation is 2. The molecule has 8 heteroatoms. The molecule has 3 aromatic rings. The first-order chi connectivity index (χ1) is 15.4. The van der Waals surface area contributed by atoms with Gasteiger partial charge in [0.2, 0.25) is 11.8 Å². The Labute approximate surface area is 193 Å². The summed E-state index contributed by atoms with van der Waals surface area (Å²) in [6.45, 7) is 8.53. The molecule has 0 fully saturated rings. The lowest BCUT2D eigenvalue weighted by Gasteiger charge is -2.14. The highest BCUT2D eigenvalue weighted by Crippen LogP contribution is 2.20. The average Bonchev–Trinajstić information content (AvgIpc) is 3.16. The van der Waals surface area contributed by atoms with E-state index in [9.17, 15) is 9.59 Å². The van der Waals surface area contributed by atoms with Gasteiger partial charge in [-0.25, -0.2) is 0 Å². The van der Waals surface area contributed by atoms with Crippen molar-refractivity contribution in [2.75, 3.05) is 11.1 Å². The maximum Gasteiger partial charge on any atom is 0.232 e. The first-order valence-corrected chi connectivity index (χ1v) is 11.6. The molecule has 1 heterocycles. The Bertz CT molecular complexity index is 1080. The van der Waals surface area contributed by atoms with Crippen molar-refractivity contribution >= 4 is 29.3 Å². The SMILES string of the molecule is CCn1c(CC(=O)Nc2ccc(C)cc2C)nnc1SCC(=O)NC(C)c1ccccc1. The highest BCUT2D eigenvalue weighted by molar-refractivity contribution is 7.99. The molecule has 0 aliphatic rings. The number of hydrogen-bond donors (Lipinski definition) is 2. The number of benzene rings is 2. The summed E-state index contributed by atoms with van der Waals surface area (Å²) in [7, 11) is 0. The van der Waals surface area contributed by atoms with Crippen molar-refractivity contribution in [3.63, 3.8) is 0 Å². The van der Waals surface area contributed by atoms with E-state index in [0.29, 0.717) is 17.5 Å². The highest BCUT2D eigenvalue weighted by Gasteiger charge is 2.17. The molecule has 3 rings (SSSR count). The summed E-state index contributed by atoms with van der Waals surface area (Å²) in [5, 5.41) is 15.0. The third kappa shape index (κ3) is 6.20. The van der Waals surface area contributed by atoms with Crippen LogP contribution in [0.25, 0.3) is 0 Å². The van der Waals surface area contributed by atoms with Gasteiger partial charge in [-0.3, -0.25) is 9.59 Å². The quantitative estimate of drug-likeness (QED) is 0.479. The number of nitrogens with zero attached hydrogens (tertiary/aromatic N) is 3. The molecule has 2 aromatic carbocycles. The molecular formula is C24H29N5O2S. The van der Waals surface area contributed by atoms with Crippen LogP contribution in [0, 0.1) is 13.8 Å². The van der Waals surface area contributed by atoms with E-state index in [1.165, 1.54) is 11.8 Å². The topological polar surface area (TPSA) is 88.9 Å². The van der Waals surface area contributed by atoms with Gasteiger partial charge in [0.1, 0.15) is 5.82 Å². The number of nitrogens with one attached hydrogen (secondary N) is 2. The van der Waals surface area contributed by atoms with E-state index >= 15 is 0 Å². The van der Waals surface area contributed by atoms with Crippen LogP contribution in [0.1, 0.15) is 42.4 Å². The minimum Gasteiger partial charge on any atom is -0.349 e. The fourth-order valence-corrected chi connectivity index (χ4v) is 4.24. The molecule has 0 aliphatic carbocycles. The van der Waals surface area contributed by atoms with Gasteiger partial charge < -0.3 is 15.2 Å². The smallest absolute Gasteiger partial charge is 0.232 e. The van der Waals surface area contributed by atoms with Gasteiger partial charge in [0.05, 0.1) is 18.2 Å². The Morgan fingerprint density at radius 1 is 1.06 bits per heavy atom. The van der Waals surface area contributed by atoms with Gasteiger partial charge in [-0.15, -0.1) is 10.2 Å². The molecule has 1 unspecified atom stereocenters. The summed E-state index contributed by atoms with van der Waals surface area (Å²) in [5.74, 6) is 0.579. The third-order valence-corrected chi connectivity index (χ3v) is 6.06. The number of anilines is 1. The Balaban J connectivity index is 1.57. The standard InChI is InChI=1S/C24H29N5O2S/c1-5-29-21(14-22(30)26-20-12-11-16(2)13-17(20)3)27-28-24(29)32-15-23(31)25-18(4)19-9-7-6-8-10-19/h6-13,18H,5,14-15H2,1-4H3,(H,25,31)(H,26,30). The largest absolute Gasteiger partial charge is 0.349 e. The lowest BCUT2D eigenvalue weighted by Crippen LogP contribution is -2.28. The monoisotopic (exact) mass is 451 g/mol. The van der Waals surface area contributed by atoms with E-state index in [2.05, 4.69) is 20.8 Å². The Hall–Kier alpha value is -3.13. The zero-order chi connectivity index (χ0) is 23.1. The highest BCUT2D eigenvalue weighted by atomic mass is 32.2. The number of thioether (sulfide) groups is 1. The summed E-state index contributed by atoms with van der Waals surface area (Å²) < 4.78 is 1.88. The van der Waals surface area contributed by atoms with E-state index < -0.39 is 0 Å². The molecule has 2 N–H and O–H groups in total. The predicted molar refractivity (Wildman–Crippen MR) is 128 cm³/mol. The van der Waals surface area contributed by atoms with Crippen molar-refractivity contribution in [3.05, 3.63) is 71.0 Å². The zero-order valence-electron chi connectivity index (χ0n) is 18.9. The number of aromatic nitrogens is 3. The van der Waals surface area contributed by atoms with Crippen LogP contribution in [0.15, 0.2) is 53.7 Å². The Morgan fingerprint density at radius 2 is 1.81 bits per heavy atom.